The van der Waals surface area contributed by atoms with Crippen LogP contribution in [0.5, 0.6) is 0 Å². The van der Waals surface area contributed by atoms with E-state index in [-0.39, 0.29) is 5.91 Å². The zero-order chi connectivity index (χ0) is 12.3. The van der Waals surface area contributed by atoms with Crippen LogP contribution >= 0.6 is 24.0 Å². The van der Waals surface area contributed by atoms with E-state index >= 15 is 0 Å². The number of nitrogens with zero attached hydrogens (tertiary/aromatic N) is 2. The zero-order valence-corrected chi connectivity index (χ0v) is 10.9. The maximum Gasteiger partial charge on any atom is 0.261 e. The first-order valence-electron chi connectivity index (χ1n) is 4.99. The van der Waals surface area contributed by atoms with Crippen molar-refractivity contribution in [2.75, 3.05) is 0 Å². The minimum Gasteiger partial charge on any atom is -0.346 e. The smallest absolute Gasteiger partial charge is 0.261 e. The monoisotopic (exact) mass is 265 g/mol. The van der Waals surface area contributed by atoms with E-state index in [0.717, 1.165) is 10.6 Å². The molecule has 1 amide bonds. The lowest BCUT2D eigenvalue weighted by molar-refractivity contribution is 0.0954. The number of aromatic nitrogens is 2. The van der Waals surface area contributed by atoms with E-state index in [1.165, 1.54) is 11.3 Å². The highest BCUT2D eigenvalue weighted by molar-refractivity contribution is 7.80. The molecule has 0 atom stereocenters. The Morgan fingerprint density at radius 2 is 2.41 bits per heavy atom. The van der Waals surface area contributed by atoms with Crippen LogP contribution in [-0.4, -0.2) is 15.9 Å². The van der Waals surface area contributed by atoms with Gasteiger partial charge in [0.05, 0.1) is 17.1 Å². The second kappa shape index (κ2) is 5.29. The molecule has 1 N–H and O–H groups in total. The number of thiol groups is 1. The summed E-state index contributed by atoms with van der Waals surface area (Å²) in [7, 11) is 0. The minimum atomic E-state index is -0.105. The van der Waals surface area contributed by atoms with Crippen molar-refractivity contribution in [3.8, 4) is 0 Å². The van der Waals surface area contributed by atoms with E-state index < -0.39 is 0 Å². The van der Waals surface area contributed by atoms with E-state index in [1.54, 1.807) is 18.3 Å². The summed E-state index contributed by atoms with van der Waals surface area (Å²) in [6.07, 6.45) is 1.68. The standard InChI is InChI=1S/C11H11N3OS2/c1-7-12-3-2-8(14-7)5-13-11(15)10-4-9(16)6-17-10/h2-4,6,16H,5H2,1H3,(H,13,15). The maximum atomic E-state index is 11.7. The van der Waals surface area contributed by atoms with Crippen LogP contribution in [0.15, 0.2) is 28.6 Å². The van der Waals surface area contributed by atoms with E-state index in [2.05, 4.69) is 27.9 Å². The molecule has 0 saturated heterocycles. The Balaban J connectivity index is 1.97. The van der Waals surface area contributed by atoms with Crippen LogP contribution in [0.3, 0.4) is 0 Å². The molecule has 2 heterocycles. The molecular formula is C11H11N3OS2. The number of amides is 1. The summed E-state index contributed by atoms with van der Waals surface area (Å²) in [6, 6.07) is 3.53. The predicted molar refractivity (Wildman–Crippen MR) is 69.5 cm³/mol. The van der Waals surface area contributed by atoms with Crippen molar-refractivity contribution in [1.82, 2.24) is 15.3 Å². The molecule has 0 bridgehead atoms. The molecule has 88 valence electrons. The Morgan fingerprint density at radius 1 is 1.59 bits per heavy atom. The molecule has 4 nitrogen and oxygen atoms in total. The number of nitrogens with one attached hydrogen (secondary N) is 1. The van der Waals surface area contributed by atoms with Gasteiger partial charge in [0, 0.05) is 16.5 Å². The maximum absolute atomic E-state index is 11.7. The van der Waals surface area contributed by atoms with Crippen molar-refractivity contribution >= 4 is 29.9 Å². The number of aryl methyl sites for hydroxylation is 1. The molecule has 0 aromatic carbocycles. The molecule has 0 aliphatic heterocycles. The molecule has 2 aromatic heterocycles. The van der Waals surface area contributed by atoms with Gasteiger partial charge in [-0.3, -0.25) is 4.79 Å². The molecular weight excluding hydrogens is 254 g/mol. The summed E-state index contributed by atoms with van der Waals surface area (Å²) < 4.78 is 0. The SMILES string of the molecule is Cc1nccc(CNC(=O)c2cc(S)cs2)n1. The van der Waals surface area contributed by atoms with Crippen molar-refractivity contribution in [3.63, 3.8) is 0 Å². The lowest BCUT2D eigenvalue weighted by Crippen LogP contribution is -2.22. The molecule has 6 heteroatoms. The van der Waals surface area contributed by atoms with Gasteiger partial charge in [-0.25, -0.2) is 9.97 Å². The first-order valence-corrected chi connectivity index (χ1v) is 6.32. The third-order valence-corrected chi connectivity index (χ3v) is 3.44. The number of hydrogen-bond acceptors (Lipinski definition) is 5. The molecule has 0 aliphatic rings. The minimum absolute atomic E-state index is 0.105. The van der Waals surface area contributed by atoms with E-state index in [1.807, 2.05) is 12.3 Å². The quantitative estimate of drug-likeness (QED) is 0.835. The average molecular weight is 265 g/mol. The summed E-state index contributed by atoms with van der Waals surface area (Å²) in [5.74, 6) is 0.595. The highest BCUT2D eigenvalue weighted by Crippen LogP contribution is 2.17. The van der Waals surface area contributed by atoms with Gasteiger partial charge in [0.25, 0.3) is 5.91 Å². The molecule has 0 spiro atoms. The first-order chi connectivity index (χ1) is 8.15. The highest BCUT2D eigenvalue weighted by atomic mass is 32.1. The third-order valence-electron chi connectivity index (χ3n) is 2.07. The lowest BCUT2D eigenvalue weighted by Gasteiger charge is -2.03. The topological polar surface area (TPSA) is 54.9 Å². The van der Waals surface area contributed by atoms with Crippen LogP contribution in [-0.2, 0) is 6.54 Å². The van der Waals surface area contributed by atoms with Gasteiger partial charge in [-0.1, -0.05) is 0 Å². The second-order valence-corrected chi connectivity index (χ2v) is 4.87. The summed E-state index contributed by atoms with van der Waals surface area (Å²) in [4.78, 5) is 21.4. The average Bonchev–Trinajstić information content (AvgIpc) is 2.73. The van der Waals surface area contributed by atoms with Crippen molar-refractivity contribution in [3.05, 3.63) is 40.1 Å². The molecule has 0 radical (unpaired) electrons. The summed E-state index contributed by atoms with van der Waals surface area (Å²) in [5, 5.41) is 4.63. The van der Waals surface area contributed by atoms with E-state index in [4.69, 9.17) is 0 Å². The van der Waals surface area contributed by atoms with Crippen molar-refractivity contribution < 1.29 is 4.79 Å². The van der Waals surface area contributed by atoms with Crippen LogP contribution in [0.2, 0.25) is 0 Å². The van der Waals surface area contributed by atoms with Crippen LogP contribution in [0.1, 0.15) is 21.2 Å². The molecule has 0 aliphatic carbocycles. The Kier molecular flexibility index (Phi) is 3.75. The number of rotatable bonds is 3. The van der Waals surface area contributed by atoms with Crippen molar-refractivity contribution in [2.45, 2.75) is 18.4 Å². The largest absolute Gasteiger partial charge is 0.346 e. The van der Waals surface area contributed by atoms with Gasteiger partial charge in [0.1, 0.15) is 5.82 Å². The van der Waals surface area contributed by atoms with Crippen LogP contribution in [0.25, 0.3) is 0 Å². The molecule has 2 aromatic rings. The van der Waals surface area contributed by atoms with E-state index in [0.29, 0.717) is 17.2 Å². The van der Waals surface area contributed by atoms with Gasteiger partial charge in [-0.15, -0.1) is 24.0 Å². The van der Waals surface area contributed by atoms with Gasteiger partial charge in [-0.05, 0) is 19.1 Å². The van der Waals surface area contributed by atoms with Crippen LogP contribution < -0.4 is 5.32 Å². The third kappa shape index (κ3) is 3.28. The molecule has 2 rings (SSSR count). The number of hydrogen-bond donors (Lipinski definition) is 2. The lowest BCUT2D eigenvalue weighted by atomic mass is 10.3. The van der Waals surface area contributed by atoms with Gasteiger partial charge < -0.3 is 5.32 Å². The Morgan fingerprint density at radius 3 is 3.06 bits per heavy atom. The van der Waals surface area contributed by atoms with Gasteiger partial charge in [-0.2, -0.15) is 0 Å². The Hall–Kier alpha value is -1.40. The Labute approximate surface area is 109 Å². The summed E-state index contributed by atoms with van der Waals surface area (Å²) in [5.41, 5.74) is 0.800. The summed E-state index contributed by atoms with van der Waals surface area (Å²) in [6.45, 7) is 2.22. The van der Waals surface area contributed by atoms with Crippen LogP contribution in [0.4, 0.5) is 0 Å². The summed E-state index contributed by atoms with van der Waals surface area (Å²) >= 11 is 5.54. The van der Waals surface area contributed by atoms with E-state index in [9.17, 15) is 4.79 Å². The fourth-order valence-corrected chi connectivity index (χ4v) is 2.37. The van der Waals surface area contributed by atoms with Gasteiger partial charge in [0.15, 0.2) is 0 Å². The Bertz CT molecular complexity index is 539. The van der Waals surface area contributed by atoms with Crippen molar-refractivity contribution in [1.29, 1.82) is 0 Å². The molecule has 0 unspecified atom stereocenters. The first kappa shape index (κ1) is 12.1. The van der Waals surface area contributed by atoms with Gasteiger partial charge in [0.2, 0.25) is 0 Å². The number of thiophene rings is 1. The normalized spacial score (nSPS) is 10.2. The fraction of sp³-hybridized carbons (Fsp3) is 0.182. The second-order valence-electron chi connectivity index (χ2n) is 3.45. The fourth-order valence-electron chi connectivity index (χ4n) is 1.31. The predicted octanol–water partition coefficient (Wildman–Crippen LogP) is 2.07. The van der Waals surface area contributed by atoms with Crippen molar-refractivity contribution in [2.24, 2.45) is 0 Å². The number of carbonyl (C=O) groups excluding carboxylic acids is 1. The number of carbonyl (C=O) groups is 1. The molecule has 0 saturated carbocycles. The molecule has 0 fully saturated rings. The van der Waals surface area contributed by atoms with Crippen LogP contribution in [0, 0.1) is 6.92 Å². The highest BCUT2D eigenvalue weighted by Gasteiger charge is 2.07. The zero-order valence-electron chi connectivity index (χ0n) is 9.17. The molecule has 17 heavy (non-hydrogen) atoms. The van der Waals surface area contributed by atoms with Gasteiger partial charge >= 0.3 is 0 Å².